The van der Waals surface area contributed by atoms with Crippen molar-refractivity contribution in [2.75, 3.05) is 31.5 Å². The second kappa shape index (κ2) is 7.40. The molecule has 8 heteroatoms. The standard InChI is InChI=1S/C16H19Cl2N3O3/c1-16(2,15(24)21-7-5-20(10-22)6-8-21)14(23)19-13-9-11(17)3-4-12(13)18/h3-4,9-10H,5-8H2,1-2H3,(H,19,23). The number of nitrogens with one attached hydrogen (secondary N) is 1. The first-order valence-electron chi connectivity index (χ1n) is 7.51. The highest BCUT2D eigenvalue weighted by atomic mass is 35.5. The molecule has 0 bridgehead atoms. The van der Waals surface area contributed by atoms with Gasteiger partial charge in [0.25, 0.3) is 0 Å². The third-order valence-electron chi connectivity index (χ3n) is 4.03. The summed E-state index contributed by atoms with van der Waals surface area (Å²) in [4.78, 5) is 39.2. The Labute approximate surface area is 150 Å². The van der Waals surface area contributed by atoms with Crippen LogP contribution >= 0.6 is 23.2 Å². The van der Waals surface area contributed by atoms with Crippen LogP contribution in [0.15, 0.2) is 18.2 Å². The first kappa shape index (κ1) is 18.5. The van der Waals surface area contributed by atoms with E-state index in [9.17, 15) is 14.4 Å². The molecule has 1 aliphatic heterocycles. The molecule has 1 saturated heterocycles. The first-order chi connectivity index (χ1) is 11.3. The fourth-order valence-corrected chi connectivity index (χ4v) is 2.73. The van der Waals surface area contributed by atoms with Crippen LogP contribution in [0.2, 0.25) is 10.0 Å². The molecule has 1 aromatic carbocycles. The van der Waals surface area contributed by atoms with Gasteiger partial charge in [0.05, 0.1) is 10.7 Å². The van der Waals surface area contributed by atoms with E-state index in [4.69, 9.17) is 23.2 Å². The maximum absolute atomic E-state index is 12.7. The molecule has 3 amide bonds. The Kier molecular flexibility index (Phi) is 5.72. The van der Waals surface area contributed by atoms with Crippen molar-refractivity contribution < 1.29 is 14.4 Å². The summed E-state index contributed by atoms with van der Waals surface area (Å²) in [6, 6.07) is 4.72. The van der Waals surface area contributed by atoms with Crippen LogP contribution in [-0.2, 0) is 14.4 Å². The molecular formula is C16H19Cl2N3O3. The molecule has 1 aliphatic rings. The quantitative estimate of drug-likeness (QED) is 0.651. The van der Waals surface area contributed by atoms with Crippen molar-refractivity contribution in [3.63, 3.8) is 0 Å². The summed E-state index contributed by atoms with van der Waals surface area (Å²) in [5.41, 5.74) is -0.907. The number of nitrogens with zero attached hydrogens (tertiary/aromatic N) is 2. The zero-order chi connectivity index (χ0) is 17.9. The van der Waals surface area contributed by atoms with Gasteiger partial charge in [0.15, 0.2) is 0 Å². The van der Waals surface area contributed by atoms with E-state index in [1.54, 1.807) is 35.8 Å². The van der Waals surface area contributed by atoms with Crippen molar-refractivity contribution in [3.8, 4) is 0 Å². The summed E-state index contributed by atoms with van der Waals surface area (Å²) in [6.07, 6.45) is 0.765. The number of hydrogen-bond donors (Lipinski definition) is 1. The molecule has 1 aromatic rings. The summed E-state index contributed by atoms with van der Waals surface area (Å²) < 4.78 is 0. The minimum absolute atomic E-state index is 0.288. The molecule has 0 radical (unpaired) electrons. The Morgan fingerprint density at radius 1 is 1.17 bits per heavy atom. The van der Waals surface area contributed by atoms with E-state index in [0.29, 0.717) is 41.9 Å². The van der Waals surface area contributed by atoms with Crippen LogP contribution in [0.4, 0.5) is 5.69 Å². The van der Waals surface area contributed by atoms with E-state index in [2.05, 4.69) is 5.32 Å². The van der Waals surface area contributed by atoms with Crippen molar-refractivity contribution in [2.24, 2.45) is 5.41 Å². The second-order valence-corrected chi connectivity index (χ2v) is 6.98. The molecule has 0 atom stereocenters. The summed E-state index contributed by atoms with van der Waals surface area (Å²) in [6.45, 7) is 4.88. The molecule has 6 nitrogen and oxygen atoms in total. The zero-order valence-corrected chi connectivity index (χ0v) is 15.0. The number of carbonyl (C=O) groups is 3. The maximum atomic E-state index is 12.7. The Balaban J connectivity index is 2.08. The molecule has 0 aromatic heterocycles. The number of amides is 3. The molecule has 1 N–H and O–H groups in total. The SMILES string of the molecule is CC(C)(C(=O)Nc1cc(Cl)ccc1Cl)C(=O)N1CCN(C=O)CC1. The van der Waals surface area contributed by atoms with Gasteiger partial charge in [-0.15, -0.1) is 0 Å². The number of hydrogen-bond acceptors (Lipinski definition) is 3. The lowest BCUT2D eigenvalue weighted by molar-refractivity contribution is -0.148. The fraction of sp³-hybridized carbons (Fsp3) is 0.438. The van der Waals surface area contributed by atoms with E-state index < -0.39 is 11.3 Å². The van der Waals surface area contributed by atoms with E-state index in [1.807, 2.05) is 0 Å². The molecule has 0 saturated carbocycles. The van der Waals surface area contributed by atoms with Crippen LogP contribution < -0.4 is 5.32 Å². The fourth-order valence-electron chi connectivity index (χ4n) is 2.39. The van der Waals surface area contributed by atoms with Gasteiger partial charge >= 0.3 is 0 Å². The predicted octanol–water partition coefficient (Wildman–Crippen LogP) is 2.26. The van der Waals surface area contributed by atoms with Crippen LogP contribution in [0.5, 0.6) is 0 Å². The molecule has 1 fully saturated rings. The summed E-state index contributed by atoms with van der Waals surface area (Å²) in [5.74, 6) is -0.752. The third kappa shape index (κ3) is 3.99. The van der Waals surface area contributed by atoms with Gasteiger partial charge in [0, 0.05) is 31.2 Å². The lowest BCUT2D eigenvalue weighted by atomic mass is 9.89. The monoisotopic (exact) mass is 371 g/mol. The van der Waals surface area contributed by atoms with Gasteiger partial charge in [-0.2, -0.15) is 0 Å². The van der Waals surface area contributed by atoms with Crippen LogP contribution in [0.25, 0.3) is 0 Å². The summed E-state index contributed by atoms with van der Waals surface area (Å²) in [5, 5.41) is 3.44. The van der Waals surface area contributed by atoms with Gasteiger partial charge in [-0.05, 0) is 32.0 Å². The van der Waals surface area contributed by atoms with Crippen molar-refractivity contribution in [2.45, 2.75) is 13.8 Å². The normalized spacial score (nSPS) is 15.2. The molecular weight excluding hydrogens is 353 g/mol. The van der Waals surface area contributed by atoms with E-state index in [1.165, 1.54) is 6.07 Å². The van der Waals surface area contributed by atoms with Crippen LogP contribution in [0.1, 0.15) is 13.8 Å². The topological polar surface area (TPSA) is 69.7 Å². The summed E-state index contributed by atoms with van der Waals surface area (Å²) >= 11 is 12.0. The Bertz CT molecular complexity index is 656. The maximum Gasteiger partial charge on any atom is 0.239 e. The largest absolute Gasteiger partial charge is 0.342 e. The Morgan fingerprint density at radius 2 is 1.79 bits per heavy atom. The minimum Gasteiger partial charge on any atom is -0.342 e. The highest BCUT2D eigenvalue weighted by Gasteiger charge is 2.40. The summed E-state index contributed by atoms with van der Waals surface area (Å²) in [7, 11) is 0. The van der Waals surface area contributed by atoms with Crippen LogP contribution in [-0.4, -0.2) is 54.2 Å². The minimum atomic E-state index is -1.27. The van der Waals surface area contributed by atoms with Gasteiger partial charge in [0.2, 0.25) is 18.2 Å². The molecule has 24 heavy (non-hydrogen) atoms. The highest BCUT2D eigenvalue weighted by molar-refractivity contribution is 6.35. The predicted molar refractivity (Wildman–Crippen MR) is 93.1 cm³/mol. The van der Waals surface area contributed by atoms with E-state index in [-0.39, 0.29) is 5.91 Å². The zero-order valence-electron chi connectivity index (χ0n) is 13.5. The van der Waals surface area contributed by atoms with Gasteiger partial charge in [0.1, 0.15) is 5.41 Å². The Hall–Kier alpha value is -1.79. The van der Waals surface area contributed by atoms with E-state index >= 15 is 0 Å². The van der Waals surface area contributed by atoms with Gasteiger partial charge in [-0.3, -0.25) is 14.4 Å². The smallest absolute Gasteiger partial charge is 0.239 e. The van der Waals surface area contributed by atoms with Crippen molar-refractivity contribution in [3.05, 3.63) is 28.2 Å². The molecule has 2 rings (SSSR count). The third-order valence-corrected chi connectivity index (χ3v) is 4.59. The van der Waals surface area contributed by atoms with Crippen molar-refractivity contribution >= 4 is 47.1 Å². The van der Waals surface area contributed by atoms with Crippen LogP contribution in [0.3, 0.4) is 0 Å². The number of halogens is 2. The van der Waals surface area contributed by atoms with Crippen molar-refractivity contribution in [1.29, 1.82) is 0 Å². The number of rotatable bonds is 4. The number of benzene rings is 1. The van der Waals surface area contributed by atoms with Gasteiger partial charge in [-0.1, -0.05) is 23.2 Å². The number of piperazine rings is 1. The second-order valence-electron chi connectivity index (χ2n) is 6.14. The Morgan fingerprint density at radius 3 is 2.38 bits per heavy atom. The molecule has 0 aliphatic carbocycles. The molecule has 1 heterocycles. The van der Waals surface area contributed by atoms with Crippen LogP contribution in [0, 0.1) is 5.41 Å². The average Bonchev–Trinajstić information content (AvgIpc) is 2.57. The number of anilines is 1. The molecule has 0 spiro atoms. The van der Waals surface area contributed by atoms with Gasteiger partial charge in [-0.25, -0.2) is 0 Å². The lowest BCUT2D eigenvalue weighted by Crippen LogP contribution is -2.54. The van der Waals surface area contributed by atoms with Gasteiger partial charge < -0.3 is 15.1 Å². The van der Waals surface area contributed by atoms with Crippen molar-refractivity contribution in [1.82, 2.24) is 9.80 Å². The highest BCUT2D eigenvalue weighted by Crippen LogP contribution is 2.28. The average molecular weight is 372 g/mol. The first-order valence-corrected chi connectivity index (χ1v) is 8.26. The number of carbonyl (C=O) groups excluding carboxylic acids is 3. The lowest BCUT2D eigenvalue weighted by Gasteiger charge is -2.36. The van der Waals surface area contributed by atoms with E-state index in [0.717, 1.165) is 6.41 Å². The molecule has 130 valence electrons. The molecule has 0 unspecified atom stereocenters.